The molecule has 0 aliphatic heterocycles. The molecule has 0 saturated heterocycles. The Kier molecular flexibility index (Phi) is 3.09. The normalized spacial score (nSPS) is 11.8. The Bertz CT molecular complexity index is 586. The number of amides is 1. The molecule has 0 unspecified atom stereocenters. The maximum Gasteiger partial charge on any atom is 0.231 e. The Morgan fingerprint density at radius 2 is 2.22 bits per heavy atom. The number of aryl methyl sites for hydroxylation is 1. The Hall–Kier alpha value is -1.88. The number of carbonyl (C=O) groups is 1. The van der Waals surface area contributed by atoms with Gasteiger partial charge in [0.1, 0.15) is 0 Å². The standard InChI is InChI=1S/C13H18N4O/c1-13(2,7-14)12(18)16-9-4-5-11-10(6-9)15-8-17(11)3/h4-6,8H,7,14H2,1-3H3,(H,16,18). The van der Waals surface area contributed by atoms with Crippen molar-refractivity contribution in [3.63, 3.8) is 0 Å². The maximum absolute atomic E-state index is 12.0. The van der Waals surface area contributed by atoms with Gasteiger partial charge in [0.25, 0.3) is 0 Å². The van der Waals surface area contributed by atoms with Crippen molar-refractivity contribution in [2.45, 2.75) is 13.8 Å². The van der Waals surface area contributed by atoms with Crippen molar-refractivity contribution >= 4 is 22.6 Å². The molecule has 0 atom stereocenters. The van der Waals surface area contributed by atoms with Crippen LogP contribution in [0, 0.1) is 5.41 Å². The number of hydrogen-bond donors (Lipinski definition) is 2. The lowest BCUT2D eigenvalue weighted by Crippen LogP contribution is -2.37. The summed E-state index contributed by atoms with van der Waals surface area (Å²) < 4.78 is 1.94. The molecule has 1 aromatic heterocycles. The first kappa shape index (κ1) is 12.6. The minimum Gasteiger partial charge on any atom is -0.334 e. The van der Waals surface area contributed by atoms with Crippen LogP contribution in [0.4, 0.5) is 5.69 Å². The van der Waals surface area contributed by atoms with E-state index in [1.54, 1.807) is 6.33 Å². The van der Waals surface area contributed by atoms with Crippen molar-refractivity contribution in [3.8, 4) is 0 Å². The van der Waals surface area contributed by atoms with Crippen LogP contribution in [-0.4, -0.2) is 22.0 Å². The van der Waals surface area contributed by atoms with Gasteiger partial charge < -0.3 is 15.6 Å². The summed E-state index contributed by atoms with van der Waals surface area (Å²) in [5.74, 6) is -0.0831. The average molecular weight is 246 g/mol. The van der Waals surface area contributed by atoms with E-state index in [-0.39, 0.29) is 5.91 Å². The van der Waals surface area contributed by atoms with Crippen molar-refractivity contribution in [1.29, 1.82) is 0 Å². The zero-order valence-electron chi connectivity index (χ0n) is 10.9. The van der Waals surface area contributed by atoms with Crippen molar-refractivity contribution in [2.24, 2.45) is 18.2 Å². The summed E-state index contributed by atoms with van der Waals surface area (Å²) in [5, 5.41) is 2.87. The van der Waals surface area contributed by atoms with E-state index in [9.17, 15) is 4.79 Å². The molecule has 3 N–H and O–H groups in total. The number of imidazole rings is 1. The Labute approximate surface area is 106 Å². The molecule has 0 aliphatic rings. The van der Waals surface area contributed by atoms with Crippen LogP contribution in [0.2, 0.25) is 0 Å². The van der Waals surface area contributed by atoms with E-state index in [0.717, 1.165) is 16.7 Å². The van der Waals surface area contributed by atoms with E-state index in [0.29, 0.717) is 6.54 Å². The second-order valence-electron chi connectivity index (χ2n) is 5.10. The van der Waals surface area contributed by atoms with Crippen LogP contribution in [0.3, 0.4) is 0 Å². The first-order valence-electron chi connectivity index (χ1n) is 5.86. The monoisotopic (exact) mass is 246 g/mol. The van der Waals surface area contributed by atoms with Crippen LogP contribution in [-0.2, 0) is 11.8 Å². The van der Waals surface area contributed by atoms with E-state index in [1.807, 2.05) is 43.7 Å². The topological polar surface area (TPSA) is 72.9 Å². The van der Waals surface area contributed by atoms with E-state index >= 15 is 0 Å². The second-order valence-corrected chi connectivity index (χ2v) is 5.10. The molecule has 0 radical (unpaired) electrons. The highest BCUT2D eigenvalue weighted by Crippen LogP contribution is 2.20. The fraction of sp³-hybridized carbons (Fsp3) is 0.385. The van der Waals surface area contributed by atoms with Crippen molar-refractivity contribution in [3.05, 3.63) is 24.5 Å². The van der Waals surface area contributed by atoms with E-state index < -0.39 is 5.41 Å². The number of rotatable bonds is 3. The van der Waals surface area contributed by atoms with Gasteiger partial charge in [-0.25, -0.2) is 4.98 Å². The van der Waals surface area contributed by atoms with Gasteiger partial charge in [-0.15, -0.1) is 0 Å². The number of nitrogens with two attached hydrogens (primary N) is 1. The highest BCUT2D eigenvalue weighted by molar-refractivity contribution is 5.96. The highest BCUT2D eigenvalue weighted by atomic mass is 16.2. The molecule has 2 aromatic rings. The number of carbonyl (C=O) groups excluding carboxylic acids is 1. The fourth-order valence-electron chi connectivity index (χ4n) is 1.61. The summed E-state index contributed by atoms with van der Waals surface area (Å²) in [7, 11) is 1.94. The van der Waals surface area contributed by atoms with Crippen LogP contribution < -0.4 is 11.1 Å². The maximum atomic E-state index is 12.0. The predicted molar refractivity (Wildman–Crippen MR) is 72.2 cm³/mol. The highest BCUT2D eigenvalue weighted by Gasteiger charge is 2.25. The lowest BCUT2D eigenvalue weighted by atomic mass is 9.92. The molecule has 0 fully saturated rings. The smallest absolute Gasteiger partial charge is 0.231 e. The summed E-state index contributed by atoms with van der Waals surface area (Å²) in [6, 6.07) is 5.67. The van der Waals surface area contributed by atoms with E-state index in [4.69, 9.17) is 5.73 Å². The van der Waals surface area contributed by atoms with Gasteiger partial charge in [-0.3, -0.25) is 4.79 Å². The zero-order valence-corrected chi connectivity index (χ0v) is 10.9. The van der Waals surface area contributed by atoms with Gasteiger partial charge in [-0.2, -0.15) is 0 Å². The number of anilines is 1. The SMILES string of the molecule is Cn1cnc2cc(NC(=O)C(C)(C)CN)ccc21. The third kappa shape index (κ3) is 2.22. The summed E-state index contributed by atoms with van der Waals surface area (Å²) in [5.41, 5.74) is 7.65. The van der Waals surface area contributed by atoms with Gasteiger partial charge in [0.2, 0.25) is 5.91 Å². The van der Waals surface area contributed by atoms with Crippen LogP contribution in [0.5, 0.6) is 0 Å². The molecule has 0 bridgehead atoms. The zero-order chi connectivity index (χ0) is 13.3. The van der Waals surface area contributed by atoms with E-state index in [2.05, 4.69) is 10.3 Å². The Balaban J connectivity index is 2.25. The van der Waals surface area contributed by atoms with Crippen molar-refractivity contribution in [2.75, 3.05) is 11.9 Å². The Morgan fingerprint density at radius 1 is 1.50 bits per heavy atom. The van der Waals surface area contributed by atoms with Gasteiger partial charge in [0, 0.05) is 19.3 Å². The van der Waals surface area contributed by atoms with Gasteiger partial charge in [-0.05, 0) is 32.0 Å². The fourth-order valence-corrected chi connectivity index (χ4v) is 1.61. The molecule has 0 aliphatic carbocycles. The lowest BCUT2D eigenvalue weighted by Gasteiger charge is -2.21. The molecule has 96 valence electrons. The van der Waals surface area contributed by atoms with Gasteiger partial charge in [0.05, 0.1) is 22.8 Å². The molecule has 2 rings (SSSR count). The minimum atomic E-state index is -0.570. The molecule has 1 aromatic carbocycles. The van der Waals surface area contributed by atoms with Crippen molar-refractivity contribution in [1.82, 2.24) is 9.55 Å². The second kappa shape index (κ2) is 4.42. The number of benzene rings is 1. The first-order valence-corrected chi connectivity index (χ1v) is 5.86. The molecule has 1 amide bonds. The summed E-state index contributed by atoms with van der Waals surface area (Å²) in [4.78, 5) is 16.2. The number of aromatic nitrogens is 2. The molecular weight excluding hydrogens is 228 g/mol. The minimum absolute atomic E-state index is 0.0831. The summed E-state index contributed by atoms with van der Waals surface area (Å²) in [6.45, 7) is 3.95. The number of nitrogens with zero attached hydrogens (tertiary/aromatic N) is 2. The van der Waals surface area contributed by atoms with Crippen LogP contribution in [0.25, 0.3) is 11.0 Å². The predicted octanol–water partition coefficient (Wildman–Crippen LogP) is 1.50. The third-order valence-corrected chi connectivity index (χ3v) is 3.11. The van der Waals surface area contributed by atoms with E-state index in [1.165, 1.54) is 0 Å². The van der Waals surface area contributed by atoms with Gasteiger partial charge in [0.15, 0.2) is 0 Å². The molecule has 0 saturated carbocycles. The number of hydrogen-bond acceptors (Lipinski definition) is 3. The molecule has 5 nitrogen and oxygen atoms in total. The van der Waals surface area contributed by atoms with Gasteiger partial charge in [-0.1, -0.05) is 0 Å². The van der Waals surface area contributed by atoms with Crippen LogP contribution in [0.15, 0.2) is 24.5 Å². The van der Waals surface area contributed by atoms with Crippen LogP contribution >= 0.6 is 0 Å². The molecule has 18 heavy (non-hydrogen) atoms. The largest absolute Gasteiger partial charge is 0.334 e. The quantitative estimate of drug-likeness (QED) is 0.862. The average Bonchev–Trinajstić information content (AvgIpc) is 2.70. The number of nitrogens with one attached hydrogen (secondary N) is 1. The summed E-state index contributed by atoms with van der Waals surface area (Å²) >= 11 is 0. The molecular formula is C13H18N4O. The number of fused-ring (bicyclic) bond motifs is 1. The van der Waals surface area contributed by atoms with Crippen molar-refractivity contribution < 1.29 is 4.79 Å². The van der Waals surface area contributed by atoms with Gasteiger partial charge >= 0.3 is 0 Å². The summed E-state index contributed by atoms with van der Waals surface area (Å²) in [6.07, 6.45) is 1.75. The third-order valence-electron chi connectivity index (χ3n) is 3.11. The molecule has 0 spiro atoms. The Morgan fingerprint density at radius 3 is 2.89 bits per heavy atom. The molecule has 5 heteroatoms. The van der Waals surface area contributed by atoms with Crippen LogP contribution in [0.1, 0.15) is 13.8 Å². The first-order chi connectivity index (χ1) is 8.44. The molecule has 1 heterocycles. The lowest BCUT2D eigenvalue weighted by molar-refractivity contribution is -0.123.